The van der Waals surface area contributed by atoms with Gasteiger partial charge in [-0.1, -0.05) is 12.1 Å². The van der Waals surface area contributed by atoms with E-state index in [0.717, 1.165) is 19.3 Å². The Bertz CT molecular complexity index is 930. The average molecular weight is 428 g/mol. The maximum atomic E-state index is 13.5. The molecule has 0 aliphatic carbocycles. The Balaban J connectivity index is 1.65. The van der Waals surface area contributed by atoms with Gasteiger partial charge in [0.2, 0.25) is 11.6 Å². The minimum absolute atomic E-state index is 0.109. The predicted octanol–water partition coefficient (Wildman–Crippen LogP) is 2.32. The molecule has 2 fully saturated rings. The molecule has 166 valence electrons. The largest absolute Gasteiger partial charge is 0.452 e. The summed E-state index contributed by atoms with van der Waals surface area (Å²) in [5, 5.41) is 0. The standard InChI is InChI=1S/C23H29N3O5/c1-15(2)25-21(29)17-9-4-5-10-18(17)26-19(27)11-12-23(25,26)22(30)31-14-20(28)24-13-7-6-8-16(24)3/h4-5,9-10,15-16H,6-8,11-14H2,1-3H3/t16-,23+/m0/s1. The smallest absolute Gasteiger partial charge is 0.354 e. The van der Waals surface area contributed by atoms with Gasteiger partial charge in [0.25, 0.3) is 11.8 Å². The van der Waals surface area contributed by atoms with E-state index in [1.807, 2.05) is 20.8 Å². The number of nitrogens with zero attached hydrogens (tertiary/aromatic N) is 3. The number of para-hydroxylation sites is 1. The van der Waals surface area contributed by atoms with Gasteiger partial charge in [-0.25, -0.2) is 4.79 Å². The van der Waals surface area contributed by atoms with Crippen LogP contribution in [0.3, 0.4) is 0 Å². The van der Waals surface area contributed by atoms with E-state index in [9.17, 15) is 19.2 Å². The van der Waals surface area contributed by atoms with E-state index >= 15 is 0 Å². The lowest BCUT2D eigenvalue weighted by Crippen LogP contribution is -2.70. The summed E-state index contributed by atoms with van der Waals surface area (Å²) in [5.74, 6) is -1.53. The zero-order valence-corrected chi connectivity index (χ0v) is 18.3. The van der Waals surface area contributed by atoms with Crippen molar-refractivity contribution in [3.8, 4) is 0 Å². The fourth-order valence-corrected chi connectivity index (χ4v) is 5.17. The van der Waals surface area contributed by atoms with Crippen LogP contribution in [0.5, 0.6) is 0 Å². The number of carbonyl (C=O) groups excluding carboxylic acids is 4. The average Bonchev–Trinajstić information content (AvgIpc) is 3.10. The summed E-state index contributed by atoms with van der Waals surface area (Å²) in [6, 6.07) is 6.57. The van der Waals surface area contributed by atoms with Crippen molar-refractivity contribution in [1.29, 1.82) is 0 Å². The third-order valence-corrected chi connectivity index (χ3v) is 6.59. The number of hydrogen-bond donors (Lipinski definition) is 0. The number of carbonyl (C=O) groups is 4. The molecule has 2 saturated heterocycles. The van der Waals surface area contributed by atoms with Crippen molar-refractivity contribution in [2.45, 2.75) is 70.6 Å². The molecule has 2 atom stereocenters. The van der Waals surface area contributed by atoms with Crippen LogP contribution in [0, 0.1) is 0 Å². The molecule has 0 radical (unpaired) electrons. The van der Waals surface area contributed by atoms with Crippen molar-refractivity contribution in [1.82, 2.24) is 9.80 Å². The fourth-order valence-electron chi connectivity index (χ4n) is 5.17. The van der Waals surface area contributed by atoms with E-state index in [2.05, 4.69) is 0 Å². The number of anilines is 1. The van der Waals surface area contributed by atoms with E-state index < -0.39 is 18.2 Å². The van der Waals surface area contributed by atoms with Crippen molar-refractivity contribution in [2.24, 2.45) is 0 Å². The number of fused-ring (bicyclic) bond motifs is 3. The zero-order chi connectivity index (χ0) is 22.3. The summed E-state index contributed by atoms with van der Waals surface area (Å²) in [7, 11) is 0. The second-order valence-electron chi connectivity index (χ2n) is 8.84. The van der Waals surface area contributed by atoms with E-state index in [1.165, 1.54) is 9.80 Å². The summed E-state index contributed by atoms with van der Waals surface area (Å²) >= 11 is 0. The molecule has 8 nitrogen and oxygen atoms in total. The summed E-state index contributed by atoms with van der Waals surface area (Å²) in [6.07, 6.45) is 3.20. The normalized spacial score (nSPS) is 25.5. The van der Waals surface area contributed by atoms with E-state index in [-0.39, 0.29) is 42.6 Å². The van der Waals surface area contributed by atoms with Crippen LogP contribution in [-0.2, 0) is 19.1 Å². The molecule has 3 aliphatic rings. The predicted molar refractivity (Wildman–Crippen MR) is 113 cm³/mol. The molecule has 0 spiro atoms. The Kier molecular flexibility index (Phi) is 5.49. The second-order valence-corrected chi connectivity index (χ2v) is 8.84. The number of amides is 3. The van der Waals surface area contributed by atoms with E-state index in [0.29, 0.717) is 17.8 Å². The first-order valence-corrected chi connectivity index (χ1v) is 11.0. The van der Waals surface area contributed by atoms with Crippen LogP contribution in [0.25, 0.3) is 0 Å². The molecule has 0 unspecified atom stereocenters. The van der Waals surface area contributed by atoms with Gasteiger partial charge in [-0.3, -0.25) is 19.3 Å². The first-order chi connectivity index (χ1) is 14.8. The maximum absolute atomic E-state index is 13.5. The second kappa shape index (κ2) is 7.98. The molecule has 1 aromatic carbocycles. The lowest BCUT2D eigenvalue weighted by Gasteiger charge is -2.50. The van der Waals surface area contributed by atoms with Gasteiger partial charge in [0.05, 0.1) is 11.3 Å². The number of likely N-dealkylation sites (tertiary alicyclic amines) is 1. The Hall–Kier alpha value is -2.90. The summed E-state index contributed by atoms with van der Waals surface area (Å²) < 4.78 is 5.52. The first kappa shape index (κ1) is 21.3. The van der Waals surface area contributed by atoms with Gasteiger partial charge in [0.1, 0.15) is 0 Å². The topological polar surface area (TPSA) is 87.2 Å². The van der Waals surface area contributed by atoms with E-state index in [1.54, 1.807) is 29.2 Å². The summed E-state index contributed by atoms with van der Waals surface area (Å²) in [4.78, 5) is 57.0. The Morgan fingerprint density at radius 3 is 2.65 bits per heavy atom. The van der Waals surface area contributed by atoms with Gasteiger partial charge in [-0.15, -0.1) is 0 Å². The van der Waals surface area contributed by atoms with Gasteiger partial charge < -0.3 is 14.5 Å². The highest BCUT2D eigenvalue weighted by Crippen LogP contribution is 2.45. The van der Waals surface area contributed by atoms with Crippen LogP contribution in [0.4, 0.5) is 5.69 Å². The van der Waals surface area contributed by atoms with Crippen molar-refractivity contribution in [2.75, 3.05) is 18.1 Å². The summed E-state index contributed by atoms with van der Waals surface area (Å²) in [6.45, 7) is 5.86. The Labute approximate surface area is 182 Å². The molecular formula is C23H29N3O5. The van der Waals surface area contributed by atoms with Crippen molar-refractivity contribution in [3.63, 3.8) is 0 Å². The molecule has 31 heavy (non-hydrogen) atoms. The number of rotatable bonds is 4. The molecule has 3 amide bonds. The molecule has 8 heteroatoms. The monoisotopic (exact) mass is 427 g/mol. The highest BCUT2D eigenvalue weighted by Gasteiger charge is 2.62. The third-order valence-electron chi connectivity index (χ3n) is 6.59. The number of piperidine rings is 1. The minimum Gasteiger partial charge on any atom is -0.452 e. The SMILES string of the molecule is CC(C)N1C(=O)c2ccccc2N2C(=O)CC[C@]21C(=O)OCC(=O)N1CCCC[C@@H]1C. The number of hydrogen-bond acceptors (Lipinski definition) is 5. The van der Waals surface area contributed by atoms with Gasteiger partial charge in [0, 0.05) is 31.5 Å². The van der Waals surface area contributed by atoms with E-state index in [4.69, 9.17) is 4.74 Å². The van der Waals surface area contributed by atoms with Gasteiger partial charge in [-0.2, -0.15) is 0 Å². The van der Waals surface area contributed by atoms with Crippen LogP contribution >= 0.6 is 0 Å². The Morgan fingerprint density at radius 1 is 1.19 bits per heavy atom. The van der Waals surface area contributed by atoms with Crippen molar-refractivity contribution < 1.29 is 23.9 Å². The zero-order valence-electron chi connectivity index (χ0n) is 18.3. The molecule has 1 aromatic rings. The quantitative estimate of drug-likeness (QED) is 0.689. The first-order valence-electron chi connectivity index (χ1n) is 11.0. The lowest BCUT2D eigenvalue weighted by atomic mass is 9.95. The van der Waals surface area contributed by atoms with Crippen LogP contribution in [0.2, 0.25) is 0 Å². The van der Waals surface area contributed by atoms with Gasteiger partial charge >= 0.3 is 5.97 Å². The molecule has 0 aromatic heterocycles. The minimum atomic E-state index is -1.56. The van der Waals surface area contributed by atoms with Crippen LogP contribution in [0.15, 0.2) is 24.3 Å². The molecule has 0 bridgehead atoms. The molecular weight excluding hydrogens is 398 g/mol. The molecule has 4 rings (SSSR count). The summed E-state index contributed by atoms with van der Waals surface area (Å²) in [5.41, 5.74) is -0.766. The molecule has 0 N–H and O–H groups in total. The number of esters is 1. The molecule has 3 heterocycles. The lowest BCUT2D eigenvalue weighted by molar-refractivity contribution is -0.163. The number of benzene rings is 1. The van der Waals surface area contributed by atoms with Gasteiger partial charge in [0.15, 0.2) is 6.61 Å². The highest BCUT2D eigenvalue weighted by molar-refractivity contribution is 6.15. The molecule has 3 aliphatic heterocycles. The van der Waals surface area contributed by atoms with Crippen LogP contribution < -0.4 is 4.90 Å². The van der Waals surface area contributed by atoms with Crippen LogP contribution in [-0.4, -0.2) is 64.4 Å². The maximum Gasteiger partial charge on any atom is 0.354 e. The van der Waals surface area contributed by atoms with Crippen LogP contribution in [0.1, 0.15) is 63.2 Å². The number of ether oxygens (including phenoxy) is 1. The third kappa shape index (κ3) is 3.28. The van der Waals surface area contributed by atoms with Crippen molar-refractivity contribution in [3.05, 3.63) is 29.8 Å². The Morgan fingerprint density at radius 2 is 1.94 bits per heavy atom. The highest BCUT2D eigenvalue weighted by atomic mass is 16.5. The molecule has 0 saturated carbocycles. The fraction of sp³-hybridized carbons (Fsp3) is 0.565. The van der Waals surface area contributed by atoms with Crippen molar-refractivity contribution >= 4 is 29.4 Å². The van der Waals surface area contributed by atoms with Gasteiger partial charge in [-0.05, 0) is 52.2 Å².